The molecule has 104 valence electrons. The van der Waals surface area contributed by atoms with E-state index in [1.807, 2.05) is 18.4 Å². The van der Waals surface area contributed by atoms with E-state index in [0.717, 1.165) is 11.1 Å². The third-order valence-corrected chi connectivity index (χ3v) is 4.34. The van der Waals surface area contributed by atoms with Crippen LogP contribution in [0.15, 0.2) is 34.2 Å². The predicted molar refractivity (Wildman–Crippen MR) is 81.7 cm³/mol. The van der Waals surface area contributed by atoms with Gasteiger partial charge in [-0.3, -0.25) is 14.3 Å². The predicted octanol–water partition coefficient (Wildman–Crippen LogP) is 2.12. The molecule has 0 radical (unpaired) electrons. The number of aryl methyl sites for hydroxylation is 1. The molecule has 0 aliphatic carbocycles. The van der Waals surface area contributed by atoms with Crippen LogP contribution in [0.3, 0.4) is 0 Å². The molecule has 21 heavy (non-hydrogen) atoms. The number of nitrogens with zero attached hydrogens (tertiary/aromatic N) is 4. The molecule has 0 bridgehead atoms. The van der Waals surface area contributed by atoms with Gasteiger partial charge >= 0.3 is 0 Å². The summed E-state index contributed by atoms with van der Waals surface area (Å²) in [6.07, 6.45) is 5.23. The van der Waals surface area contributed by atoms with Gasteiger partial charge in [-0.2, -0.15) is 5.26 Å². The highest BCUT2D eigenvalue weighted by atomic mass is 32.2. The van der Waals surface area contributed by atoms with E-state index in [2.05, 4.69) is 16.0 Å². The minimum Gasteiger partial charge on any atom is -0.286 e. The Kier molecular flexibility index (Phi) is 3.35. The Hall–Kier alpha value is -2.39. The van der Waals surface area contributed by atoms with Crippen molar-refractivity contribution in [2.75, 3.05) is 6.26 Å². The summed E-state index contributed by atoms with van der Waals surface area (Å²) in [6, 6.07) is 5.89. The van der Waals surface area contributed by atoms with Crippen molar-refractivity contribution in [2.45, 2.75) is 18.4 Å². The summed E-state index contributed by atoms with van der Waals surface area (Å²) < 4.78 is 1.57. The topological polar surface area (TPSA) is 71.6 Å². The van der Waals surface area contributed by atoms with E-state index in [1.54, 1.807) is 23.9 Å². The highest BCUT2D eigenvalue weighted by Gasteiger charge is 2.27. The molecular formula is C15H12N4OS. The van der Waals surface area contributed by atoms with Gasteiger partial charge in [0.05, 0.1) is 17.1 Å². The standard InChI is InChI=1S/C15H12N4OS/c1-9-13(21-2)15(20)19-8-12(10-4-3-5-17-7-10)11(6-16)14(19)18-9/h3-5,7H,8H2,1-2H3. The molecule has 0 saturated carbocycles. The lowest BCUT2D eigenvalue weighted by atomic mass is 10.0. The summed E-state index contributed by atoms with van der Waals surface area (Å²) in [4.78, 5) is 21.7. The van der Waals surface area contributed by atoms with Gasteiger partial charge in [0, 0.05) is 18.0 Å². The van der Waals surface area contributed by atoms with Gasteiger partial charge in [-0.05, 0) is 24.8 Å². The molecule has 5 nitrogen and oxygen atoms in total. The Bertz CT molecular complexity index is 846. The van der Waals surface area contributed by atoms with Gasteiger partial charge in [0.25, 0.3) is 5.56 Å². The van der Waals surface area contributed by atoms with Crippen molar-refractivity contribution < 1.29 is 0 Å². The summed E-state index contributed by atoms with van der Waals surface area (Å²) >= 11 is 1.38. The van der Waals surface area contributed by atoms with Crippen LogP contribution in [0.1, 0.15) is 17.1 Å². The molecule has 0 N–H and O–H groups in total. The Balaban J connectivity index is 2.24. The molecule has 0 unspecified atom stereocenters. The zero-order valence-electron chi connectivity index (χ0n) is 11.6. The molecular weight excluding hydrogens is 284 g/mol. The molecule has 0 atom stereocenters. The van der Waals surface area contributed by atoms with Gasteiger partial charge in [0.2, 0.25) is 0 Å². The van der Waals surface area contributed by atoms with E-state index >= 15 is 0 Å². The number of allylic oxidation sites excluding steroid dienone is 2. The summed E-state index contributed by atoms with van der Waals surface area (Å²) in [5.41, 5.74) is 2.68. The molecule has 0 amide bonds. The van der Waals surface area contributed by atoms with Gasteiger partial charge in [-0.25, -0.2) is 4.98 Å². The lowest BCUT2D eigenvalue weighted by Crippen LogP contribution is -2.24. The Morgan fingerprint density at radius 3 is 2.90 bits per heavy atom. The lowest BCUT2D eigenvalue weighted by Gasteiger charge is -2.07. The number of rotatable bonds is 2. The Morgan fingerprint density at radius 1 is 1.48 bits per heavy atom. The Morgan fingerprint density at radius 2 is 2.29 bits per heavy atom. The van der Waals surface area contributed by atoms with Crippen LogP contribution >= 0.6 is 11.8 Å². The van der Waals surface area contributed by atoms with Crippen LogP contribution in [0.2, 0.25) is 0 Å². The van der Waals surface area contributed by atoms with E-state index in [1.165, 1.54) is 11.8 Å². The minimum atomic E-state index is -0.0864. The molecule has 3 heterocycles. The minimum absolute atomic E-state index is 0.0864. The van der Waals surface area contributed by atoms with Gasteiger partial charge in [-0.15, -0.1) is 11.8 Å². The SMILES string of the molecule is CSc1c(C)nc2n(c1=O)CC(c1cccnc1)=C2C#N. The smallest absolute Gasteiger partial charge is 0.268 e. The zero-order chi connectivity index (χ0) is 15.0. The molecule has 0 aromatic carbocycles. The average Bonchev–Trinajstić information content (AvgIpc) is 2.87. The third-order valence-electron chi connectivity index (χ3n) is 3.46. The van der Waals surface area contributed by atoms with Gasteiger partial charge < -0.3 is 0 Å². The first kappa shape index (κ1) is 13.6. The highest BCUT2D eigenvalue weighted by Crippen LogP contribution is 2.32. The van der Waals surface area contributed by atoms with E-state index in [0.29, 0.717) is 28.5 Å². The fourth-order valence-electron chi connectivity index (χ4n) is 2.48. The summed E-state index contributed by atoms with van der Waals surface area (Å²) in [7, 11) is 0. The summed E-state index contributed by atoms with van der Waals surface area (Å²) in [5, 5.41) is 9.46. The van der Waals surface area contributed by atoms with Gasteiger partial charge in [0.15, 0.2) is 5.82 Å². The zero-order valence-corrected chi connectivity index (χ0v) is 12.4. The first-order valence-electron chi connectivity index (χ1n) is 6.36. The number of fused-ring (bicyclic) bond motifs is 1. The maximum Gasteiger partial charge on any atom is 0.268 e. The lowest BCUT2D eigenvalue weighted by molar-refractivity contribution is 0.736. The molecule has 2 aromatic rings. The average molecular weight is 296 g/mol. The quantitative estimate of drug-likeness (QED) is 0.794. The number of thioether (sulfide) groups is 1. The van der Waals surface area contributed by atoms with E-state index in [9.17, 15) is 10.1 Å². The van der Waals surface area contributed by atoms with E-state index < -0.39 is 0 Å². The number of hydrogen-bond donors (Lipinski definition) is 0. The number of nitriles is 1. The monoisotopic (exact) mass is 296 g/mol. The molecule has 0 spiro atoms. The first-order chi connectivity index (χ1) is 10.2. The molecule has 6 heteroatoms. The van der Waals surface area contributed by atoms with Crippen LogP contribution in [-0.2, 0) is 6.54 Å². The molecule has 1 aliphatic heterocycles. The fraction of sp³-hybridized carbons (Fsp3) is 0.200. The van der Waals surface area contributed by atoms with E-state index in [-0.39, 0.29) is 5.56 Å². The summed E-state index contributed by atoms with van der Waals surface area (Å²) in [5.74, 6) is 0.455. The van der Waals surface area contributed by atoms with Crippen molar-refractivity contribution in [1.29, 1.82) is 5.26 Å². The molecule has 0 fully saturated rings. The van der Waals surface area contributed by atoms with Crippen LogP contribution in [0.4, 0.5) is 0 Å². The second-order valence-corrected chi connectivity index (χ2v) is 5.47. The normalized spacial score (nSPS) is 13.2. The second-order valence-electron chi connectivity index (χ2n) is 4.65. The van der Waals surface area contributed by atoms with Crippen LogP contribution < -0.4 is 5.56 Å². The van der Waals surface area contributed by atoms with Gasteiger partial charge in [0.1, 0.15) is 11.6 Å². The van der Waals surface area contributed by atoms with Crippen molar-refractivity contribution in [1.82, 2.24) is 14.5 Å². The maximum absolute atomic E-state index is 12.5. The maximum atomic E-state index is 12.5. The number of aromatic nitrogens is 3. The third kappa shape index (κ3) is 2.06. The molecule has 3 rings (SSSR count). The highest BCUT2D eigenvalue weighted by molar-refractivity contribution is 7.98. The molecule has 2 aromatic heterocycles. The van der Waals surface area contributed by atoms with Crippen LogP contribution in [0.25, 0.3) is 11.1 Å². The van der Waals surface area contributed by atoms with E-state index in [4.69, 9.17) is 0 Å². The van der Waals surface area contributed by atoms with Crippen molar-refractivity contribution in [3.63, 3.8) is 0 Å². The van der Waals surface area contributed by atoms with Crippen LogP contribution in [0, 0.1) is 18.3 Å². The van der Waals surface area contributed by atoms with Crippen molar-refractivity contribution in [2.24, 2.45) is 0 Å². The largest absolute Gasteiger partial charge is 0.286 e. The van der Waals surface area contributed by atoms with Crippen molar-refractivity contribution in [3.8, 4) is 6.07 Å². The van der Waals surface area contributed by atoms with Crippen molar-refractivity contribution in [3.05, 3.63) is 52.0 Å². The van der Waals surface area contributed by atoms with Crippen LogP contribution in [0.5, 0.6) is 0 Å². The summed E-state index contributed by atoms with van der Waals surface area (Å²) in [6.45, 7) is 2.16. The second kappa shape index (κ2) is 5.19. The van der Waals surface area contributed by atoms with Crippen molar-refractivity contribution >= 4 is 22.9 Å². The molecule has 1 aliphatic rings. The van der Waals surface area contributed by atoms with Gasteiger partial charge in [-0.1, -0.05) is 6.07 Å². The first-order valence-corrected chi connectivity index (χ1v) is 7.59. The number of hydrogen-bond acceptors (Lipinski definition) is 5. The van der Waals surface area contributed by atoms with Crippen LogP contribution in [-0.4, -0.2) is 20.8 Å². The number of pyridine rings is 1. The fourth-order valence-corrected chi connectivity index (χ4v) is 3.11. The molecule has 0 saturated heterocycles. The Labute approximate surface area is 126 Å².